The van der Waals surface area contributed by atoms with E-state index >= 15 is 0 Å². The zero-order valence-corrected chi connectivity index (χ0v) is 14.7. The minimum Gasteiger partial charge on any atom is -0.422 e. The van der Waals surface area contributed by atoms with Crippen LogP contribution in [0.1, 0.15) is 44.4 Å². The topological polar surface area (TPSA) is 95.1 Å². The minimum atomic E-state index is -0.687. The Bertz CT molecular complexity index is 700. The van der Waals surface area contributed by atoms with E-state index < -0.39 is 11.8 Å². The Morgan fingerprint density at radius 2 is 2.08 bits per heavy atom. The van der Waals surface area contributed by atoms with Gasteiger partial charge < -0.3 is 25.2 Å². The zero-order chi connectivity index (χ0) is 17.9. The van der Waals surface area contributed by atoms with Crippen LogP contribution < -0.4 is 5.32 Å². The molecule has 2 amide bonds. The van der Waals surface area contributed by atoms with Crippen LogP contribution in [-0.2, 0) is 22.3 Å². The van der Waals surface area contributed by atoms with Gasteiger partial charge in [-0.25, -0.2) is 0 Å². The van der Waals surface area contributed by atoms with Crippen molar-refractivity contribution in [1.29, 1.82) is 0 Å². The van der Waals surface area contributed by atoms with Crippen LogP contribution in [0.25, 0.3) is 5.41 Å². The average molecular weight is 343 g/mol. The van der Waals surface area contributed by atoms with Crippen molar-refractivity contribution in [3.63, 3.8) is 0 Å². The number of ether oxygens (including phenoxy) is 2. The number of hydrogen-bond acceptors (Lipinski definition) is 4. The average Bonchev–Trinajstić information content (AvgIpc) is 2.55. The quantitative estimate of drug-likeness (QED) is 0.791. The highest BCUT2D eigenvalue weighted by molar-refractivity contribution is 5.93. The van der Waals surface area contributed by atoms with Gasteiger partial charge in [0.05, 0.1) is 25.1 Å². The molecule has 0 bridgehead atoms. The van der Waals surface area contributed by atoms with E-state index in [0.717, 1.165) is 43.4 Å². The first-order valence-electron chi connectivity index (χ1n) is 8.58. The second-order valence-electron chi connectivity index (χ2n) is 7.48. The van der Waals surface area contributed by atoms with Crippen LogP contribution in [-0.4, -0.2) is 36.0 Å². The lowest BCUT2D eigenvalue weighted by atomic mass is 9.89. The highest BCUT2D eigenvalue weighted by Crippen LogP contribution is 2.37. The molecule has 7 nitrogen and oxygen atoms in total. The van der Waals surface area contributed by atoms with Crippen LogP contribution in [0.4, 0.5) is 10.5 Å². The van der Waals surface area contributed by atoms with Crippen LogP contribution in [0.3, 0.4) is 0 Å². The van der Waals surface area contributed by atoms with Gasteiger partial charge in [-0.15, -0.1) is 6.01 Å². The molecule has 134 valence electrons. The number of pyridine rings is 1. The third-order valence-electron chi connectivity index (χ3n) is 4.66. The first kappa shape index (κ1) is 17.7. The van der Waals surface area contributed by atoms with Crippen LogP contribution in [0.2, 0.25) is 0 Å². The molecule has 3 rings (SSSR count). The van der Waals surface area contributed by atoms with E-state index in [4.69, 9.17) is 14.9 Å². The number of anilines is 1. The highest BCUT2D eigenvalue weighted by atomic mass is 16.7. The first-order valence-corrected chi connectivity index (χ1v) is 8.58. The Labute approximate surface area is 147 Å². The Kier molecular flexibility index (Phi) is 4.99. The van der Waals surface area contributed by atoms with E-state index in [0.29, 0.717) is 18.9 Å². The van der Waals surface area contributed by atoms with E-state index in [2.05, 4.69) is 29.1 Å². The third kappa shape index (κ3) is 4.31. The number of aryl methyl sites for hydroxylation is 2. The number of nitrogens with one attached hydrogen (secondary N) is 1. The number of aliphatic imine (C=N–C) groups is 1. The van der Waals surface area contributed by atoms with E-state index in [1.807, 2.05) is 6.07 Å². The molecule has 1 fully saturated rings. The van der Waals surface area contributed by atoms with Gasteiger partial charge in [-0.2, -0.15) is 0 Å². The molecule has 1 saturated heterocycles. The molecule has 0 aromatic carbocycles. The minimum absolute atomic E-state index is 0.0504. The number of carbonyl (C=O) groups is 1. The van der Waals surface area contributed by atoms with Crippen LogP contribution in [0.15, 0.2) is 17.3 Å². The SMILES string of the molecule is CC1(C)COC2(CCCc3ncc(NC(=O)N=C=[N-])cc3CC2)OC1. The van der Waals surface area contributed by atoms with Crippen LogP contribution in [0, 0.1) is 5.41 Å². The second-order valence-corrected chi connectivity index (χ2v) is 7.48. The molecule has 1 N–H and O–H groups in total. The largest absolute Gasteiger partial charge is 0.422 e. The van der Waals surface area contributed by atoms with Gasteiger partial charge in [0.25, 0.3) is 0 Å². The van der Waals surface area contributed by atoms with E-state index in [9.17, 15) is 4.79 Å². The third-order valence-corrected chi connectivity index (χ3v) is 4.66. The number of aromatic nitrogens is 1. The number of urea groups is 1. The molecular weight excluding hydrogens is 320 g/mol. The van der Waals surface area contributed by atoms with Gasteiger partial charge in [-0.1, -0.05) is 13.8 Å². The molecular formula is C18H23N4O3-. The van der Waals surface area contributed by atoms with Gasteiger partial charge in [0.2, 0.25) is 6.03 Å². The molecule has 25 heavy (non-hydrogen) atoms. The van der Waals surface area contributed by atoms with E-state index in [1.54, 1.807) is 6.20 Å². The molecule has 2 aliphatic rings. The van der Waals surface area contributed by atoms with Crippen molar-refractivity contribution in [2.75, 3.05) is 18.5 Å². The molecule has 1 aliphatic heterocycles. The summed E-state index contributed by atoms with van der Waals surface area (Å²) in [7, 11) is 0. The maximum Gasteiger partial charge on any atom is 0.249 e. The smallest absolute Gasteiger partial charge is 0.249 e. The molecule has 1 aliphatic carbocycles. The number of hydrogen-bond donors (Lipinski definition) is 1. The Hall–Kier alpha value is -2.08. The monoisotopic (exact) mass is 343 g/mol. The van der Waals surface area contributed by atoms with Crippen molar-refractivity contribution in [3.05, 3.63) is 28.9 Å². The van der Waals surface area contributed by atoms with Crippen molar-refractivity contribution < 1.29 is 14.3 Å². The van der Waals surface area contributed by atoms with Crippen LogP contribution >= 0.6 is 0 Å². The number of carbonyl (C=O) groups excluding carboxylic acids is 1. The summed E-state index contributed by atoms with van der Waals surface area (Å²) in [6.07, 6.45) is 5.79. The van der Waals surface area contributed by atoms with Gasteiger partial charge in [-0.3, -0.25) is 9.78 Å². The highest BCUT2D eigenvalue weighted by Gasteiger charge is 2.40. The summed E-state index contributed by atoms with van der Waals surface area (Å²) >= 11 is 0. The van der Waals surface area contributed by atoms with Crippen LogP contribution in [0.5, 0.6) is 0 Å². The Morgan fingerprint density at radius 1 is 1.32 bits per heavy atom. The van der Waals surface area contributed by atoms with Gasteiger partial charge in [-0.05, 0) is 30.9 Å². The summed E-state index contributed by atoms with van der Waals surface area (Å²) in [4.78, 5) is 19.0. The van der Waals surface area contributed by atoms with E-state index in [-0.39, 0.29) is 5.41 Å². The summed E-state index contributed by atoms with van der Waals surface area (Å²) in [5, 5.41) is 11.0. The molecule has 0 unspecified atom stereocenters. The Morgan fingerprint density at radius 3 is 2.80 bits per heavy atom. The van der Waals surface area contributed by atoms with Gasteiger partial charge >= 0.3 is 0 Å². The summed E-state index contributed by atoms with van der Waals surface area (Å²) < 4.78 is 12.3. The van der Waals surface area contributed by atoms with Gasteiger partial charge in [0.1, 0.15) is 0 Å². The van der Waals surface area contributed by atoms with Crippen molar-refractivity contribution in [1.82, 2.24) is 4.98 Å². The second kappa shape index (κ2) is 7.04. The molecule has 0 saturated carbocycles. The lowest BCUT2D eigenvalue weighted by molar-refractivity contribution is -0.304. The van der Waals surface area contributed by atoms with Crippen molar-refractivity contribution in [2.24, 2.45) is 10.4 Å². The molecule has 1 aromatic heterocycles. The number of rotatable bonds is 1. The first-order chi connectivity index (χ1) is 11.9. The molecule has 2 heterocycles. The van der Waals surface area contributed by atoms with Crippen molar-refractivity contribution in [3.8, 4) is 0 Å². The molecule has 1 spiro atoms. The lowest BCUT2D eigenvalue weighted by Crippen LogP contribution is -2.48. The number of nitrogens with zero attached hydrogens (tertiary/aromatic N) is 3. The van der Waals surface area contributed by atoms with Crippen molar-refractivity contribution in [2.45, 2.75) is 51.7 Å². The Balaban J connectivity index is 1.73. The summed E-state index contributed by atoms with van der Waals surface area (Å²) in [5.74, 6) is -0.511. The summed E-state index contributed by atoms with van der Waals surface area (Å²) in [5.41, 5.74) is 2.71. The van der Waals surface area contributed by atoms with Crippen molar-refractivity contribution >= 4 is 17.7 Å². The fourth-order valence-electron chi connectivity index (χ4n) is 3.25. The van der Waals surface area contributed by atoms with Gasteiger partial charge in [0, 0.05) is 24.0 Å². The molecule has 1 aromatic rings. The summed E-state index contributed by atoms with van der Waals surface area (Å²) in [6, 6.07) is 2.69. The molecule has 0 radical (unpaired) electrons. The fraction of sp³-hybridized carbons (Fsp3) is 0.611. The number of fused-ring (bicyclic) bond motifs is 1. The number of amides is 2. The van der Waals surface area contributed by atoms with E-state index in [1.165, 1.54) is 6.01 Å². The predicted octanol–water partition coefficient (Wildman–Crippen LogP) is 3.40. The standard InChI is InChI=1S/C18H23N4O3/c1-17(2)10-24-18(25-11-17)6-3-4-15-13(5-7-18)8-14(9-20-15)22-16(23)21-12-19/h8-9H,3-7,10-11H2,1-2H3,(H,22,23)/q-1. The fourth-order valence-corrected chi connectivity index (χ4v) is 3.25. The summed E-state index contributed by atoms with van der Waals surface area (Å²) in [6.45, 7) is 5.68. The molecule has 0 atom stereocenters. The van der Waals surface area contributed by atoms with Gasteiger partial charge in [0.15, 0.2) is 5.79 Å². The predicted molar refractivity (Wildman–Crippen MR) is 93.7 cm³/mol. The maximum atomic E-state index is 11.4. The lowest BCUT2D eigenvalue weighted by Gasteiger charge is -2.44. The maximum absolute atomic E-state index is 11.4. The zero-order valence-electron chi connectivity index (χ0n) is 14.7. The normalized spacial score (nSPS) is 21.4. The molecule has 7 heteroatoms.